The third-order valence-electron chi connectivity index (χ3n) is 1.84. The molecule has 0 spiro atoms. The van der Waals surface area contributed by atoms with Gasteiger partial charge in [-0.05, 0) is 6.92 Å². The summed E-state index contributed by atoms with van der Waals surface area (Å²) in [5.74, 6) is -1.63. The molecular formula is C8H14O5. The van der Waals surface area contributed by atoms with Crippen molar-refractivity contribution in [3.63, 3.8) is 0 Å². The average Bonchev–Trinajstić information content (AvgIpc) is 2.13. The Morgan fingerprint density at radius 3 is 2.31 bits per heavy atom. The van der Waals surface area contributed by atoms with E-state index in [2.05, 4.69) is 4.74 Å². The van der Waals surface area contributed by atoms with Crippen LogP contribution in [0.1, 0.15) is 20.3 Å². The van der Waals surface area contributed by atoms with Crippen molar-refractivity contribution in [1.29, 1.82) is 0 Å². The zero-order chi connectivity index (χ0) is 10.6. The van der Waals surface area contributed by atoms with E-state index in [1.807, 2.05) is 0 Å². The molecule has 0 fully saturated rings. The van der Waals surface area contributed by atoms with Crippen LogP contribution in [0, 0.1) is 0 Å². The lowest BCUT2D eigenvalue weighted by molar-refractivity contribution is -0.171. The molecule has 76 valence electrons. The van der Waals surface area contributed by atoms with E-state index in [4.69, 9.17) is 0 Å². The van der Waals surface area contributed by atoms with Gasteiger partial charge in [-0.2, -0.15) is 0 Å². The van der Waals surface area contributed by atoms with Crippen LogP contribution < -0.4 is 0 Å². The fourth-order valence-electron chi connectivity index (χ4n) is 0.851. The van der Waals surface area contributed by atoms with Crippen LogP contribution in [0.3, 0.4) is 0 Å². The molecule has 0 radical (unpaired) electrons. The van der Waals surface area contributed by atoms with Gasteiger partial charge in [0.1, 0.15) is 0 Å². The molecule has 0 bridgehead atoms. The smallest absolute Gasteiger partial charge is 0.338 e. The Balaban J connectivity index is 4.62. The zero-order valence-electron chi connectivity index (χ0n) is 7.90. The molecule has 0 rings (SSSR count). The standard InChI is InChI=1S/C8H14O5/c1-4-5(9)8(2,12)6(10)7(11)13-3/h6,10,12H,4H2,1-3H3. The monoisotopic (exact) mass is 190 g/mol. The summed E-state index contributed by atoms with van der Waals surface area (Å²) in [4.78, 5) is 21.9. The van der Waals surface area contributed by atoms with Crippen LogP contribution in [0.2, 0.25) is 0 Å². The van der Waals surface area contributed by atoms with Crippen LogP contribution in [-0.2, 0) is 14.3 Å². The molecule has 0 saturated heterocycles. The van der Waals surface area contributed by atoms with Crippen LogP contribution in [0.15, 0.2) is 0 Å². The fraction of sp³-hybridized carbons (Fsp3) is 0.750. The van der Waals surface area contributed by atoms with Gasteiger partial charge in [0.15, 0.2) is 17.5 Å². The molecule has 5 heteroatoms. The van der Waals surface area contributed by atoms with E-state index in [-0.39, 0.29) is 6.42 Å². The molecule has 2 unspecified atom stereocenters. The van der Waals surface area contributed by atoms with Gasteiger partial charge in [0, 0.05) is 6.42 Å². The van der Waals surface area contributed by atoms with Gasteiger partial charge < -0.3 is 14.9 Å². The van der Waals surface area contributed by atoms with Crippen molar-refractivity contribution in [3.05, 3.63) is 0 Å². The Morgan fingerprint density at radius 2 is 2.00 bits per heavy atom. The molecule has 0 aromatic carbocycles. The average molecular weight is 190 g/mol. The summed E-state index contributed by atoms with van der Waals surface area (Å²) < 4.78 is 4.19. The second-order valence-corrected chi connectivity index (χ2v) is 2.85. The Morgan fingerprint density at radius 1 is 1.54 bits per heavy atom. The van der Waals surface area contributed by atoms with Crippen molar-refractivity contribution >= 4 is 11.8 Å². The van der Waals surface area contributed by atoms with Crippen LogP contribution in [0.5, 0.6) is 0 Å². The van der Waals surface area contributed by atoms with Gasteiger partial charge >= 0.3 is 5.97 Å². The molecule has 0 aliphatic rings. The maximum absolute atomic E-state index is 11.1. The molecule has 0 aromatic rings. The molecule has 2 atom stereocenters. The molecule has 0 heterocycles. The summed E-state index contributed by atoms with van der Waals surface area (Å²) in [6.07, 6.45) is -1.79. The van der Waals surface area contributed by atoms with E-state index in [9.17, 15) is 19.8 Å². The van der Waals surface area contributed by atoms with Gasteiger partial charge in [-0.15, -0.1) is 0 Å². The van der Waals surface area contributed by atoms with Crippen molar-refractivity contribution in [2.45, 2.75) is 32.0 Å². The lowest BCUT2D eigenvalue weighted by Crippen LogP contribution is -2.51. The SMILES string of the molecule is CCC(=O)C(C)(O)C(O)C(=O)OC. The first-order valence-corrected chi connectivity index (χ1v) is 3.89. The number of Topliss-reactive ketones (excluding diaryl/α,β-unsaturated/α-hetero) is 1. The van der Waals surface area contributed by atoms with Crippen LogP contribution in [0.25, 0.3) is 0 Å². The Hall–Kier alpha value is -0.940. The van der Waals surface area contributed by atoms with E-state index in [0.717, 1.165) is 14.0 Å². The molecule has 0 aliphatic heterocycles. The quantitative estimate of drug-likeness (QED) is 0.570. The largest absolute Gasteiger partial charge is 0.467 e. The highest BCUT2D eigenvalue weighted by Crippen LogP contribution is 2.14. The van der Waals surface area contributed by atoms with E-state index in [1.54, 1.807) is 0 Å². The third-order valence-corrected chi connectivity index (χ3v) is 1.84. The second kappa shape index (κ2) is 4.34. The van der Waals surface area contributed by atoms with E-state index < -0.39 is 23.5 Å². The highest BCUT2D eigenvalue weighted by Gasteiger charge is 2.42. The number of ether oxygens (including phenoxy) is 1. The number of aliphatic hydroxyl groups excluding tert-OH is 1. The number of aliphatic hydroxyl groups is 2. The predicted octanol–water partition coefficient (Wildman–Crippen LogP) is -0.750. The van der Waals surface area contributed by atoms with Crippen molar-refractivity contribution in [2.75, 3.05) is 7.11 Å². The number of rotatable bonds is 4. The normalized spacial score (nSPS) is 17.3. The molecule has 0 aliphatic carbocycles. The summed E-state index contributed by atoms with van der Waals surface area (Å²) in [7, 11) is 1.07. The van der Waals surface area contributed by atoms with Gasteiger partial charge in [0.25, 0.3) is 0 Å². The molecule has 13 heavy (non-hydrogen) atoms. The van der Waals surface area contributed by atoms with Crippen molar-refractivity contribution in [3.8, 4) is 0 Å². The molecule has 0 amide bonds. The van der Waals surface area contributed by atoms with Gasteiger partial charge in [-0.1, -0.05) is 6.92 Å². The summed E-state index contributed by atoms with van der Waals surface area (Å²) in [6, 6.07) is 0. The van der Waals surface area contributed by atoms with E-state index in [0.29, 0.717) is 0 Å². The minimum absolute atomic E-state index is 0.0427. The lowest BCUT2D eigenvalue weighted by Gasteiger charge is -2.24. The van der Waals surface area contributed by atoms with Gasteiger partial charge in [0.05, 0.1) is 7.11 Å². The van der Waals surface area contributed by atoms with Crippen LogP contribution in [0.4, 0.5) is 0 Å². The van der Waals surface area contributed by atoms with Gasteiger partial charge in [-0.25, -0.2) is 4.79 Å². The Labute approximate surface area is 76.3 Å². The number of hydrogen-bond acceptors (Lipinski definition) is 5. The van der Waals surface area contributed by atoms with E-state index >= 15 is 0 Å². The highest BCUT2D eigenvalue weighted by atomic mass is 16.5. The second-order valence-electron chi connectivity index (χ2n) is 2.85. The Bertz CT molecular complexity index is 209. The predicted molar refractivity (Wildman–Crippen MR) is 43.9 cm³/mol. The van der Waals surface area contributed by atoms with Crippen molar-refractivity contribution < 1.29 is 24.5 Å². The highest BCUT2D eigenvalue weighted by molar-refractivity contribution is 5.93. The van der Waals surface area contributed by atoms with Gasteiger partial charge in [0.2, 0.25) is 0 Å². The first-order chi connectivity index (χ1) is 5.87. The third kappa shape index (κ3) is 2.50. The van der Waals surface area contributed by atoms with Crippen molar-refractivity contribution in [1.82, 2.24) is 0 Å². The summed E-state index contributed by atoms with van der Waals surface area (Å²) in [6.45, 7) is 2.61. The molecule has 0 aromatic heterocycles. The maximum atomic E-state index is 11.1. The number of ketones is 1. The zero-order valence-corrected chi connectivity index (χ0v) is 7.90. The van der Waals surface area contributed by atoms with Gasteiger partial charge in [-0.3, -0.25) is 4.79 Å². The summed E-state index contributed by atoms with van der Waals surface area (Å²) in [5.41, 5.74) is -2.07. The fourth-order valence-corrected chi connectivity index (χ4v) is 0.851. The number of esters is 1. The molecule has 2 N–H and O–H groups in total. The van der Waals surface area contributed by atoms with E-state index in [1.165, 1.54) is 6.92 Å². The first-order valence-electron chi connectivity index (χ1n) is 3.89. The number of hydrogen-bond donors (Lipinski definition) is 2. The number of methoxy groups -OCH3 is 1. The summed E-state index contributed by atoms with van der Waals surface area (Å²) in [5, 5.41) is 18.7. The van der Waals surface area contributed by atoms with Crippen LogP contribution >= 0.6 is 0 Å². The molecule has 5 nitrogen and oxygen atoms in total. The minimum Gasteiger partial charge on any atom is -0.467 e. The van der Waals surface area contributed by atoms with Crippen molar-refractivity contribution in [2.24, 2.45) is 0 Å². The Kier molecular flexibility index (Phi) is 4.03. The molecular weight excluding hydrogens is 176 g/mol. The first kappa shape index (κ1) is 12.1. The minimum atomic E-state index is -2.07. The van der Waals surface area contributed by atoms with Crippen LogP contribution in [-0.4, -0.2) is 40.8 Å². The topological polar surface area (TPSA) is 83.8 Å². The number of carbonyl (C=O) groups is 2. The lowest BCUT2D eigenvalue weighted by atomic mass is 9.92. The summed E-state index contributed by atoms with van der Waals surface area (Å²) >= 11 is 0. The number of carbonyl (C=O) groups excluding carboxylic acids is 2. The maximum Gasteiger partial charge on any atom is 0.338 e. The molecule has 0 saturated carbocycles.